The molecule has 0 heterocycles. The Kier molecular flexibility index (Phi) is 5.64. The van der Waals surface area contributed by atoms with Crippen molar-refractivity contribution < 1.29 is 27.5 Å². The summed E-state index contributed by atoms with van der Waals surface area (Å²) in [6.45, 7) is 5.91. The molecule has 0 N–H and O–H groups in total. The largest absolute Gasteiger partial charge is 0.389 e. The molecule has 0 aliphatic heterocycles. The monoisotopic (exact) mass is 250 g/mol. The van der Waals surface area contributed by atoms with Crippen molar-refractivity contribution >= 4 is 11.9 Å². The Hall–Kier alpha value is -1.59. The molecule has 0 rings (SSSR count). The highest BCUT2D eigenvalue weighted by molar-refractivity contribution is 6.00. The van der Waals surface area contributed by atoms with Gasteiger partial charge < -0.3 is 4.74 Å². The second kappa shape index (κ2) is 6.22. The lowest BCUT2D eigenvalue weighted by Crippen LogP contribution is -2.13. The van der Waals surface area contributed by atoms with Crippen molar-refractivity contribution in [3.63, 3.8) is 0 Å². The number of hydrogen-bond donors (Lipinski definition) is 0. The van der Waals surface area contributed by atoms with E-state index < -0.39 is 24.5 Å². The van der Waals surface area contributed by atoms with Gasteiger partial charge in [0.25, 0.3) is 0 Å². The first-order valence-corrected chi connectivity index (χ1v) is 4.79. The molecule has 0 saturated carbocycles. The van der Waals surface area contributed by atoms with Gasteiger partial charge in [-0.3, -0.25) is 0 Å². The first kappa shape index (κ1) is 15.4. The van der Waals surface area contributed by atoms with Crippen molar-refractivity contribution in [2.45, 2.75) is 32.9 Å². The van der Waals surface area contributed by atoms with E-state index in [2.05, 4.69) is 11.3 Å². The minimum Gasteiger partial charge on any atom is -0.386 e. The SMILES string of the molecule is C=C(C)C(=O)OC(=O)C(C)=CCCC(F)(F)F. The van der Waals surface area contributed by atoms with Gasteiger partial charge in [0.15, 0.2) is 0 Å². The van der Waals surface area contributed by atoms with Gasteiger partial charge in [-0.1, -0.05) is 12.7 Å². The Balaban J connectivity index is 4.26. The predicted molar refractivity (Wildman–Crippen MR) is 55.0 cm³/mol. The van der Waals surface area contributed by atoms with E-state index in [1.807, 2.05) is 0 Å². The summed E-state index contributed by atoms with van der Waals surface area (Å²) in [4.78, 5) is 22.1. The molecule has 3 nitrogen and oxygen atoms in total. The van der Waals surface area contributed by atoms with E-state index in [9.17, 15) is 22.8 Å². The molecule has 96 valence electrons. The van der Waals surface area contributed by atoms with E-state index in [-0.39, 0.29) is 17.6 Å². The van der Waals surface area contributed by atoms with Crippen LogP contribution in [0.5, 0.6) is 0 Å². The van der Waals surface area contributed by atoms with Crippen molar-refractivity contribution in [1.29, 1.82) is 0 Å². The number of rotatable bonds is 4. The number of allylic oxidation sites excluding steroid dienone is 1. The fraction of sp³-hybridized carbons (Fsp3) is 0.455. The van der Waals surface area contributed by atoms with Crippen molar-refractivity contribution in [1.82, 2.24) is 0 Å². The van der Waals surface area contributed by atoms with Crippen LogP contribution in [0.2, 0.25) is 0 Å². The molecule has 0 spiro atoms. The molecule has 0 aliphatic carbocycles. The van der Waals surface area contributed by atoms with Crippen molar-refractivity contribution in [2.75, 3.05) is 0 Å². The summed E-state index contributed by atoms with van der Waals surface area (Å²) in [6.07, 6.45) is -4.53. The third-order valence-corrected chi connectivity index (χ3v) is 1.73. The zero-order valence-corrected chi connectivity index (χ0v) is 9.56. The first-order valence-electron chi connectivity index (χ1n) is 4.79. The minimum atomic E-state index is -4.27. The highest BCUT2D eigenvalue weighted by Crippen LogP contribution is 2.21. The topological polar surface area (TPSA) is 43.4 Å². The fourth-order valence-corrected chi connectivity index (χ4v) is 0.787. The maximum atomic E-state index is 11.8. The Morgan fingerprint density at radius 3 is 2.18 bits per heavy atom. The molecular weight excluding hydrogens is 237 g/mol. The molecule has 0 amide bonds. The summed E-state index contributed by atoms with van der Waals surface area (Å²) in [5, 5.41) is 0. The second-order valence-corrected chi connectivity index (χ2v) is 3.50. The number of ether oxygens (including phenoxy) is 1. The van der Waals surface area contributed by atoms with Crippen LogP contribution in [-0.4, -0.2) is 18.1 Å². The van der Waals surface area contributed by atoms with E-state index in [4.69, 9.17) is 0 Å². The number of carbonyl (C=O) groups excluding carboxylic acids is 2. The zero-order chi connectivity index (χ0) is 13.6. The quantitative estimate of drug-likeness (QED) is 0.437. The molecule has 0 radical (unpaired) electrons. The van der Waals surface area contributed by atoms with E-state index >= 15 is 0 Å². The summed E-state index contributed by atoms with van der Waals surface area (Å²) in [5.41, 5.74) is 0.00490. The van der Waals surface area contributed by atoms with Gasteiger partial charge in [0.2, 0.25) is 0 Å². The normalized spacial score (nSPS) is 12.2. The van der Waals surface area contributed by atoms with Crippen LogP contribution in [0.25, 0.3) is 0 Å². The Labute approximate surface area is 96.9 Å². The number of carbonyl (C=O) groups is 2. The van der Waals surface area contributed by atoms with Crippen molar-refractivity contribution in [3.05, 3.63) is 23.8 Å². The van der Waals surface area contributed by atoms with Gasteiger partial charge in [-0.2, -0.15) is 13.2 Å². The van der Waals surface area contributed by atoms with Gasteiger partial charge in [-0.15, -0.1) is 0 Å². The van der Waals surface area contributed by atoms with Crippen molar-refractivity contribution in [3.8, 4) is 0 Å². The molecule has 0 atom stereocenters. The van der Waals surface area contributed by atoms with Gasteiger partial charge in [0.1, 0.15) is 0 Å². The van der Waals surface area contributed by atoms with Gasteiger partial charge in [0, 0.05) is 17.6 Å². The number of halogens is 3. The zero-order valence-electron chi connectivity index (χ0n) is 9.56. The lowest BCUT2D eigenvalue weighted by atomic mass is 10.2. The van der Waals surface area contributed by atoms with Crippen LogP contribution in [0, 0.1) is 0 Å². The minimum absolute atomic E-state index is 0.0381. The molecule has 0 aromatic heterocycles. The van der Waals surface area contributed by atoms with Gasteiger partial charge >= 0.3 is 18.1 Å². The molecule has 0 aliphatic rings. The van der Waals surface area contributed by atoms with Gasteiger partial charge in [0.05, 0.1) is 0 Å². The Morgan fingerprint density at radius 1 is 1.24 bits per heavy atom. The van der Waals surface area contributed by atoms with Crippen LogP contribution in [0.4, 0.5) is 13.2 Å². The average molecular weight is 250 g/mol. The third kappa shape index (κ3) is 7.32. The van der Waals surface area contributed by atoms with Crippen LogP contribution in [0.1, 0.15) is 26.7 Å². The molecule has 0 unspecified atom stereocenters. The molecule has 0 bridgehead atoms. The van der Waals surface area contributed by atoms with Crippen LogP contribution in [0.3, 0.4) is 0 Å². The number of alkyl halides is 3. The summed E-state index contributed by atoms with van der Waals surface area (Å²) in [7, 11) is 0. The van der Waals surface area contributed by atoms with E-state index in [1.165, 1.54) is 13.8 Å². The van der Waals surface area contributed by atoms with Crippen LogP contribution < -0.4 is 0 Å². The van der Waals surface area contributed by atoms with Crippen LogP contribution in [-0.2, 0) is 14.3 Å². The molecule has 6 heteroatoms. The second-order valence-electron chi connectivity index (χ2n) is 3.50. The van der Waals surface area contributed by atoms with Crippen LogP contribution in [0.15, 0.2) is 23.8 Å². The maximum Gasteiger partial charge on any atom is 0.389 e. The van der Waals surface area contributed by atoms with Gasteiger partial charge in [-0.05, 0) is 20.3 Å². The molecule has 0 fully saturated rings. The van der Waals surface area contributed by atoms with Crippen LogP contribution >= 0.6 is 0 Å². The fourth-order valence-electron chi connectivity index (χ4n) is 0.787. The average Bonchev–Trinajstić information content (AvgIpc) is 2.15. The summed E-state index contributed by atoms with van der Waals surface area (Å²) in [6, 6.07) is 0. The summed E-state index contributed by atoms with van der Waals surface area (Å²) >= 11 is 0. The summed E-state index contributed by atoms with van der Waals surface area (Å²) < 4.78 is 39.8. The van der Waals surface area contributed by atoms with E-state index in [0.717, 1.165) is 6.08 Å². The lowest BCUT2D eigenvalue weighted by Gasteiger charge is -2.04. The standard InChI is InChI=1S/C11H13F3O3/c1-7(2)9(15)17-10(16)8(3)5-4-6-11(12,13)14/h5H,1,4,6H2,2-3H3. The first-order chi connectivity index (χ1) is 7.63. The van der Waals surface area contributed by atoms with E-state index in [0.29, 0.717) is 0 Å². The number of esters is 2. The molecular formula is C11H13F3O3. The Morgan fingerprint density at radius 2 is 1.76 bits per heavy atom. The predicted octanol–water partition coefficient (Wildman–Crippen LogP) is 2.92. The maximum absolute atomic E-state index is 11.8. The third-order valence-electron chi connectivity index (χ3n) is 1.73. The van der Waals surface area contributed by atoms with Crippen molar-refractivity contribution in [2.24, 2.45) is 0 Å². The highest BCUT2D eigenvalue weighted by atomic mass is 19.4. The Bertz CT molecular complexity index is 353. The summed E-state index contributed by atoms with van der Waals surface area (Å²) in [5.74, 6) is -1.85. The molecule has 0 aromatic rings. The highest BCUT2D eigenvalue weighted by Gasteiger charge is 2.25. The molecule has 17 heavy (non-hydrogen) atoms. The number of hydrogen-bond acceptors (Lipinski definition) is 3. The van der Waals surface area contributed by atoms with Gasteiger partial charge in [-0.25, -0.2) is 9.59 Å². The molecule has 0 aromatic carbocycles. The lowest BCUT2D eigenvalue weighted by molar-refractivity contribution is -0.154. The smallest absolute Gasteiger partial charge is 0.386 e. The molecule has 0 saturated heterocycles. The van der Waals surface area contributed by atoms with E-state index in [1.54, 1.807) is 0 Å².